The summed E-state index contributed by atoms with van der Waals surface area (Å²) in [6.07, 6.45) is 0. The molecule has 0 aliphatic rings. The van der Waals surface area contributed by atoms with Crippen LogP contribution in [0, 0.1) is 0 Å². The fourth-order valence-electron chi connectivity index (χ4n) is 2.00. The first-order valence-corrected chi connectivity index (χ1v) is 7.51. The van der Waals surface area contributed by atoms with Gasteiger partial charge in [-0.1, -0.05) is 6.07 Å². The van der Waals surface area contributed by atoms with Gasteiger partial charge in [0.05, 0.1) is 20.3 Å². The van der Waals surface area contributed by atoms with Crippen LogP contribution in [-0.4, -0.2) is 32.8 Å². The van der Waals surface area contributed by atoms with Crippen LogP contribution in [0.2, 0.25) is 0 Å². The molecule has 2 aromatic carbocycles. The predicted molar refractivity (Wildman–Crippen MR) is 88.4 cm³/mol. The minimum atomic E-state index is -0.148. The Hall–Kier alpha value is -2.69. The second-order valence-corrected chi connectivity index (χ2v) is 4.74. The minimum absolute atomic E-state index is 0.148. The minimum Gasteiger partial charge on any atom is -0.497 e. The Labute approximate surface area is 136 Å². The highest BCUT2D eigenvalue weighted by Crippen LogP contribution is 2.16. The fourth-order valence-corrected chi connectivity index (χ4v) is 2.00. The molecule has 2 rings (SSSR count). The van der Waals surface area contributed by atoms with Crippen molar-refractivity contribution in [3.63, 3.8) is 0 Å². The average Bonchev–Trinajstić information content (AvgIpc) is 2.59. The lowest BCUT2D eigenvalue weighted by atomic mass is 10.2. The number of rotatable bonds is 8. The van der Waals surface area contributed by atoms with E-state index in [0.29, 0.717) is 31.1 Å². The third kappa shape index (κ3) is 5.21. The van der Waals surface area contributed by atoms with Crippen LogP contribution in [0.15, 0.2) is 48.5 Å². The van der Waals surface area contributed by atoms with Crippen LogP contribution in [0.5, 0.6) is 17.2 Å². The molecule has 0 aromatic heterocycles. The van der Waals surface area contributed by atoms with Crippen LogP contribution in [0.4, 0.5) is 0 Å². The number of amides is 1. The van der Waals surface area contributed by atoms with Crippen LogP contribution in [0.25, 0.3) is 0 Å². The third-order valence-electron chi connectivity index (χ3n) is 3.12. The Morgan fingerprint density at radius 1 is 1.00 bits per heavy atom. The Balaban J connectivity index is 1.76. The fraction of sp³-hybridized carbons (Fsp3) is 0.278. The first-order chi connectivity index (χ1) is 11.2. The van der Waals surface area contributed by atoms with E-state index in [9.17, 15) is 4.79 Å². The molecule has 0 unspecified atom stereocenters. The number of carbonyl (C=O) groups excluding carboxylic acids is 1. The summed E-state index contributed by atoms with van der Waals surface area (Å²) in [5.41, 5.74) is 0.570. The monoisotopic (exact) mass is 315 g/mol. The lowest BCUT2D eigenvalue weighted by Crippen LogP contribution is -2.28. The summed E-state index contributed by atoms with van der Waals surface area (Å²) in [6, 6.07) is 14.4. The SMILES string of the molecule is CCOc1cccc(C(=O)NCCOc2ccc(OC)cc2)c1. The van der Waals surface area contributed by atoms with Crippen molar-refractivity contribution in [2.24, 2.45) is 0 Å². The number of nitrogens with one attached hydrogen (secondary N) is 1. The molecule has 0 bridgehead atoms. The van der Waals surface area contributed by atoms with Gasteiger partial charge in [-0.25, -0.2) is 0 Å². The van der Waals surface area contributed by atoms with E-state index >= 15 is 0 Å². The van der Waals surface area contributed by atoms with Crippen molar-refractivity contribution in [2.75, 3.05) is 26.9 Å². The molecule has 0 aliphatic carbocycles. The maximum Gasteiger partial charge on any atom is 0.251 e. The number of hydrogen-bond acceptors (Lipinski definition) is 4. The Kier molecular flexibility index (Phi) is 6.29. The smallest absolute Gasteiger partial charge is 0.251 e. The van der Waals surface area contributed by atoms with Crippen LogP contribution in [0.1, 0.15) is 17.3 Å². The van der Waals surface area contributed by atoms with Gasteiger partial charge in [-0.05, 0) is 49.4 Å². The van der Waals surface area contributed by atoms with Crippen LogP contribution < -0.4 is 19.5 Å². The highest BCUT2D eigenvalue weighted by molar-refractivity contribution is 5.94. The summed E-state index contributed by atoms with van der Waals surface area (Å²) >= 11 is 0. The number of carbonyl (C=O) groups is 1. The quantitative estimate of drug-likeness (QED) is 0.761. The highest BCUT2D eigenvalue weighted by Gasteiger charge is 2.06. The standard InChI is InChI=1S/C18H21NO4/c1-3-22-17-6-4-5-14(13-17)18(20)19-11-12-23-16-9-7-15(21-2)8-10-16/h4-10,13H,3,11-12H2,1-2H3,(H,19,20). The second kappa shape index (κ2) is 8.68. The van der Waals surface area contributed by atoms with Gasteiger partial charge in [0, 0.05) is 5.56 Å². The van der Waals surface area contributed by atoms with E-state index in [-0.39, 0.29) is 5.91 Å². The molecule has 5 heteroatoms. The van der Waals surface area contributed by atoms with E-state index in [4.69, 9.17) is 14.2 Å². The molecule has 5 nitrogen and oxygen atoms in total. The van der Waals surface area contributed by atoms with Crippen molar-refractivity contribution in [3.8, 4) is 17.2 Å². The van der Waals surface area contributed by atoms with Crippen molar-refractivity contribution in [1.29, 1.82) is 0 Å². The molecular weight excluding hydrogens is 294 g/mol. The summed E-state index contributed by atoms with van der Waals surface area (Å²) in [5, 5.41) is 2.82. The zero-order valence-corrected chi connectivity index (χ0v) is 13.4. The largest absolute Gasteiger partial charge is 0.497 e. The van der Waals surface area contributed by atoms with Gasteiger partial charge in [0.2, 0.25) is 0 Å². The zero-order valence-electron chi connectivity index (χ0n) is 13.4. The van der Waals surface area contributed by atoms with Crippen molar-refractivity contribution < 1.29 is 19.0 Å². The number of methoxy groups -OCH3 is 1. The van der Waals surface area contributed by atoms with Crippen molar-refractivity contribution in [3.05, 3.63) is 54.1 Å². The van der Waals surface area contributed by atoms with Gasteiger partial charge in [-0.15, -0.1) is 0 Å². The Morgan fingerprint density at radius 2 is 1.74 bits per heavy atom. The molecule has 1 N–H and O–H groups in total. The maximum atomic E-state index is 12.1. The molecule has 0 saturated heterocycles. The molecule has 122 valence electrons. The summed E-state index contributed by atoms with van der Waals surface area (Å²) in [7, 11) is 1.62. The van der Waals surface area contributed by atoms with E-state index in [2.05, 4.69) is 5.32 Å². The van der Waals surface area contributed by atoms with Crippen LogP contribution in [0.3, 0.4) is 0 Å². The zero-order chi connectivity index (χ0) is 16.5. The molecule has 0 saturated carbocycles. The van der Waals surface area contributed by atoms with Gasteiger partial charge in [0.15, 0.2) is 0 Å². The lowest BCUT2D eigenvalue weighted by Gasteiger charge is -2.09. The second-order valence-electron chi connectivity index (χ2n) is 4.74. The van der Waals surface area contributed by atoms with Gasteiger partial charge in [0.25, 0.3) is 5.91 Å². The molecule has 0 heterocycles. The number of benzene rings is 2. The molecule has 0 aliphatic heterocycles. The lowest BCUT2D eigenvalue weighted by molar-refractivity contribution is 0.0946. The van der Waals surface area contributed by atoms with E-state index in [1.54, 1.807) is 25.3 Å². The Bertz CT molecular complexity index is 625. The molecule has 2 aromatic rings. The highest BCUT2D eigenvalue weighted by atomic mass is 16.5. The maximum absolute atomic E-state index is 12.1. The average molecular weight is 315 g/mol. The van der Waals surface area contributed by atoms with Crippen molar-refractivity contribution >= 4 is 5.91 Å². The number of ether oxygens (including phenoxy) is 3. The molecular formula is C18H21NO4. The topological polar surface area (TPSA) is 56.8 Å². The molecule has 0 spiro atoms. The number of hydrogen-bond donors (Lipinski definition) is 1. The third-order valence-corrected chi connectivity index (χ3v) is 3.12. The van der Waals surface area contributed by atoms with Gasteiger partial charge < -0.3 is 19.5 Å². The van der Waals surface area contributed by atoms with Crippen LogP contribution in [-0.2, 0) is 0 Å². The summed E-state index contributed by atoms with van der Waals surface area (Å²) < 4.78 is 16.0. The van der Waals surface area contributed by atoms with E-state index in [0.717, 1.165) is 11.5 Å². The molecule has 1 amide bonds. The van der Waals surface area contributed by atoms with Crippen molar-refractivity contribution in [2.45, 2.75) is 6.92 Å². The van der Waals surface area contributed by atoms with Gasteiger partial charge in [-0.2, -0.15) is 0 Å². The van der Waals surface area contributed by atoms with Gasteiger partial charge in [-0.3, -0.25) is 4.79 Å². The van der Waals surface area contributed by atoms with Gasteiger partial charge in [0.1, 0.15) is 23.9 Å². The summed E-state index contributed by atoms with van der Waals surface area (Å²) in [6.45, 7) is 3.29. The molecule has 0 fully saturated rings. The van der Waals surface area contributed by atoms with E-state index in [1.165, 1.54) is 0 Å². The van der Waals surface area contributed by atoms with E-state index in [1.807, 2.05) is 37.3 Å². The van der Waals surface area contributed by atoms with E-state index < -0.39 is 0 Å². The van der Waals surface area contributed by atoms with Crippen LogP contribution >= 0.6 is 0 Å². The van der Waals surface area contributed by atoms with Gasteiger partial charge >= 0.3 is 0 Å². The first kappa shape index (κ1) is 16.7. The molecule has 23 heavy (non-hydrogen) atoms. The summed E-state index contributed by atoms with van der Waals surface area (Å²) in [4.78, 5) is 12.1. The predicted octanol–water partition coefficient (Wildman–Crippen LogP) is 2.90. The van der Waals surface area contributed by atoms with Crippen molar-refractivity contribution in [1.82, 2.24) is 5.32 Å². The Morgan fingerprint density at radius 3 is 2.43 bits per heavy atom. The first-order valence-electron chi connectivity index (χ1n) is 7.51. The normalized spacial score (nSPS) is 10.0. The molecule has 0 radical (unpaired) electrons. The summed E-state index contributed by atoms with van der Waals surface area (Å²) in [5.74, 6) is 2.05. The molecule has 0 atom stereocenters.